The largest absolute Gasteiger partial charge is 0.385 e. The van der Waals surface area contributed by atoms with Gasteiger partial charge in [-0.3, -0.25) is 9.59 Å². The molecule has 0 atom stereocenters. The third-order valence-electron chi connectivity index (χ3n) is 6.49. The Morgan fingerprint density at radius 1 is 0.633 bits per heavy atom. The van der Waals surface area contributed by atoms with Gasteiger partial charge in [-0.1, -0.05) is 87.1 Å². The predicted octanol–water partition coefficient (Wildman–Crippen LogP) is 5.30. The fourth-order valence-electron chi connectivity index (χ4n) is 4.90. The van der Waals surface area contributed by atoms with Crippen LogP contribution in [0.15, 0.2) is 48.5 Å². The summed E-state index contributed by atoms with van der Waals surface area (Å²) in [6, 6.07) is 14.6. The lowest BCUT2D eigenvalue weighted by Crippen LogP contribution is -2.37. The van der Waals surface area contributed by atoms with Gasteiger partial charge in [-0.05, 0) is 31.2 Å². The summed E-state index contributed by atoms with van der Waals surface area (Å²) in [6.07, 6.45) is 10.7. The zero-order valence-electron chi connectivity index (χ0n) is 17.6. The first-order chi connectivity index (χ1) is 14.5. The van der Waals surface area contributed by atoms with E-state index in [1.165, 1.54) is 0 Å². The van der Waals surface area contributed by atoms with Crippen LogP contribution in [0.5, 0.6) is 0 Å². The van der Waals surface area contributed by atoms with Crippen molar-refractivity contribution in [1.82, 2.24) is 0 Å². The summed E-state index contributed by atoms with van der Waals surface area (Å²) in [5, 5.41) is 22.4. The van der Waals surface area contributed by atoms with Crippen LogP contribution in [0.3, 0.4) is 0 Å². The molecule has 2 aromatic rings. The van der Waals surface area contributed by atoms with Gasteiger partial charge < -0.3 is 10.2 Å². The third-order valence-corrected chi connectivity index (χ3v) is 6.49. The number of hydrogen-bond donors (Lipinski definition) is 2. The summed E-state index contributed by atoms with van der Waals surface area (Å²) in [7, 11) is 0. The summed E-state index contributed by atoms with van der Waals surface area (Å²) in [4.78, 5) is 21.6. The van der Waals surface area contributed by atoms with Crippen LogP contribution in [0.2, 0.25) is 0 Å². The number of rotatable bonds is 4. The maximum Gasteiger partial charge on any atom is 0.150 e. The zero-order valence-corrected chi connectivity index (χ0v) is 17.6. The van der Waals surface area contributed by atoms with E-state index in [0.29, 0.717) is 24.0 Å². The molecule has 0 radical (unpaired) electrons. The van der Waals surface area contributed by atoms with E-state index in [4.69, 9.17) is 0 Å². The van der Waals surface area contributed by atoms with Gasteiger partial charge in [0, 0.05) is 16.7 Å². The van der Waals surface area contributed by atoms with Gasteiger partial charge in [-0.15, -0.1) is 0 Å². The van der Waals surface area contributed by atoms with Gasteiger partial charge in [0.05, 0.1) is 11.2 Å². The molecule has 2 fully saturated rings. The van der Waals surface area contributed by atoms with Gasteiger partial charge in [-0.2, -0.15) is 0 Å². The predicted molar refractivity (Wildman–Crippen MR) is 118 cm³/mol. The average Bonchev–Trinajstić information content (AvgIpc) is 2.80. The summed E-state index contributed by atoms with van der Waals surface area (Å²) < 4.78 is 0. The van der Waals surface area contributed by atoms with Gasteiger partial charge in [0.25, 0.3) is 0 Å². The van der Waals surface area contributed by atoms with Crippen molar-refractivity contribution in [3.8, 4) is 0 Å². The number of benzene rings is 2. The first-order valence-corrected chi connectivity index (χ1v) is 11.1. The zero-order chi connectivity index (χ0) is 21.5. The first-order valence-electron chi connectivity index (χ1n) is 11.1. The minimum Gasteiger partial charge on any atom is -0.385 e. The first kappa shape index (κ1) is 22.4. The number of hydrogen-bond acceptors (Lipinski definition) is 4. The number of carbonyl (C=O) groups is 2. The molecule has 4 heteroatoms. The summed E-state index contributed by atoms with van der Waals surface area (Å²) in [6.45, 7) is 0. The van der Waals surface area contributed by atoms with E-state index in [1.54, 1.807) is 18.2 Å². The summed E-state index contributed by atoms with van der Waals surface area (Å²) in [5.74, 6) is 0. The van der Waals surface area contributed by atoms with Crippen LogP contribution in [0.4, 0.5) is 0 Å². The van der Waals surface area contributed by atoms with Crippen LogP contribution in [-0.4, -0.2) is 22.8 Å². The Labute approximate surface area is 179 Å². The molecule has 0 aromatic heterocycles. The molecule has 30 heavy (non-hydrogen) atoms. The van der Waals surface area contributed by atoms with Crippen LogP contribution in [0.1, 0.15) is 96.1 Å². The molecular weight excluding hydrogens is 376 g/mol. The molecule has 4 rings (SSSR count). The van der Waals surface area contributed by atoms with Gasteiger partial charge in [0.2, 0.25) is 0 Å². The minimum atomic E-state index is -0.960. The Kier molecular flexibility index (Phi) is 7.57. The van der Waals surface area contributed by atoms with E-state index in [-0.39, 0.29) is 0 Å². The van der Waals surface area contributed by atoms with Crippen molar-refractivity contribution in [3.05, 3.63) is 70.8 Å². The second-order valence-electron chi connectivity index (χ2n) is 8.60. The molecule has 2 saturated carbocycles. The maximum atomic E-state index is 11.6. The highest BCUT2D eigenvalue weighted by Gasteiger charge is 2.41. The third kappa shape index (κ3) is 5.05. The molecule has 160 valence electrons. The van der Waals surface area contributed by atoms with E-state index in [2.05, 4.69) is 0 Å². The monoisotopic (exact) mass is 408 g/mol. The molecule has 0 aliphatic heterocycles. The molecule has 0 unspecified atom stereocenters. The van der Waals surface area contributed by atoms with Crippen LogP contribution >= 0.6 is 0 Å². The molecule has 2 N–H and O–H groups in total. The van der Waals surface area contributed by atoms with Crippen LogP contribution in [0.25, 0.3) is 0 Å². The molecule has 0 amide bonds. The second kappa shape index (κ2) is 10.1. The quantitative estimate of drug-likeness (QED) is 0.673. The molecule has 2 aromatic carbocycles. The molecule has 0 heterocycles. The number of aldehydes is 2. The fourth-order valence-corrected chi connectivity index (χ4v) is 4.90. The van der Waals surface area contributed by atoms with E-state index in [1.807, 2.05) is 30.3 Å². The highest BCUT2D eigenvalue weighted by molar-refractivity contribution is 5.79. The van der Waals surface area contributed by atoms with Crippen molar-refractivity contribution >= 4 is 12.6 Å². The topological polar surface area (TPSA) is 74.6 Å². The van der Waals surface area contributed by atoms with Crippen molar-refractivity contribution in [1.29, 1.82) is 0 Å². The normalized spacial score (nSPS) is 19.8. The number of aliphatic hydroxyl groups is 2. The molecule has 2 aliphatic carbocycles. The highest BCUT2D eigenvalue weighted by atomic mass is 16.3. The standard InChI is InChI=1S/C19H26O3.C7H6O/c20-14-15-8-7-9-16(18(21)10-3-1-4-11-18)17(15)19(22)12-5-2-6-13-19;8-6-7-4-2-1-3-5-7/h7-9,14,21-22H,1-6,10-13H2;1-6H. The minimum absolute atomic E-state index is 0.542. The molecule has 0 saturated heterocycles. The van der Waals surface area contributed by atoms with E-state index < -0.39 is 11.2 Å². The Morgan fingerprint density at radius 2 is 1.20 bits per heavy atom. The van der Waals surface area contributed by atoms with Gasteiger partial charge in [0.1, 0.15) is 12.6 Å². The lowest BCUT2D eigenvalue weighted by atomic mass is 9.70. The van der Waals surface area contributed by atoms with Gasteiger partial charge in [0.15, 0.2) is 0 Å². The van der Waals surface area contributed by atoms with Crippen LogP contribution in [-0.2, 0) is 11.2 Å². The Balaban J connectivity index is 0.000000269. The smallest absolute Gasteiger partial charge is 0.150 e. The molecular formula is C26H32O4. The summed E-state index contributed by atoms with van der Waals surface area (Å²) >= 11 is 0. The second-order valence-corrected chi connectivity index (χ2v) is 8.60. The lowest BCUT2D eigenvalue weighted by Gasteiger charge is -2.40. The molecule has 4 nitrogen and oxygen atoms in total. The Morgan fingerprint density at radius 3 is 1.70 bits per heavy atom. The van der Waals surface area contributed by atoms with Crippen molar-refractivity contribution < 1.29 is 19.8 Å². The molecule has 0 spiro atoms. The van der Waals surface area contributed by atoms with Gasteiger partial charge in [-0.25, -0.2) is 0 Å². The van der Waals surface area contributed by atoms with E-state index in [9.17, 15) is 19.8 Å². The SMILES string of the molecule is O=Cc1cccc(C2(O)CCCCC2)c1C1(O)CCCCC1.O=Cc1ccccc1. The summed E-state index contributed by atoms with van der Waals surface area (Å²) in [5.41, 5.74) is 0.918. The van der Waals surface area contributed by atoms with Crippen molar-refractivity contribution in [2.24, 2.45) is 0 Å². The Hall–Kier alpha value is -2.30. The fraction of sp³-hybridized carbons (Fsp3) is 0.462. The van der Waals surface area contributed by atoms with Gasteiger partial charge >= 0.3 is 0 Å². The number of carbonyl (C=O) groups excluding carboxylic acids is 2. The average molecular weight is 409 g/mol. The van der Waals surface area contributed by atoms with Crippen molar-refractivity contribution in [3.63, 3.8) is 0 Å². The van der Waals surface area contributed by atoms with Crippen LogP contribution in [0, 0.1) is 0 Å². The van der Waals surface area contributed by atoms with Crippen molar-refractivity contribution in [2.45, 2.75) is 75.4 Å². The lowest BCUT2D eigenvalue weighted by molar-refractivity contribution is -0.0247. The van der Waals surface area contributed by atoms with E-state index in [0.717, 1.165) is 75.1 Å². The van der Waals surface area contributed by atoms with Crippen LogP contribution < -0.4 is 0 Å². The Bertz CT molecular complexity index is 831. The molecule has 0 bridgehead atoms. The van der Waals surface area contributed by atoms with E-state index >= 15 is 0 Å². The van der Waals surface area contributed by atoms with Crippen molar-refractivity contribution in [2.75, 3.05) is 0 Å². The maximum absolute atomic E-state index is 11.6. The highest BCUT2D eigenvalue weighted by Crippen LogP contribution is 2.46. The molecule has 2 aliphatic rings.